The van der Waals surface area contributed by atoms with Crippen LogP contribution in [0.3, 0.4) is 0 Å². The van der Waals surface area contributed by atoms with E-state index in [1.165, 1.54) is 12.8 Å². The second-order valence-electron chi connectivity index (χ2n) is 7.92. The maximum Gasteiger partial charge on any atom is 0.116 e. The summed E-state index contributed by atoms with van der Waals surface area (Å²) in [6, 6.07) is 16.7. The molecule has 1 N–H and O–H groups in total. The minimum absolute atomic E-state index is 0.455. The van der Waals surface area contributed by atoms with E-state index in [-0.39, 0.29) is 0 Å². The first-order valence-corrected chi connectivity index (χ1v) is 10.2. The molecular formula is C22H25Cl2NO. The highest BCUT2D eigenvalue weighted by Gasteiger charge is 2.43. The second-order valence-corrected chi connectivity index (χ2v) is 8.70. The van der Waals surface area contributed by atoms with Gasteiger partial charge >= 0.3 is 0 Å². The molecule has 3 atom stereocenters. The van der Waals surface area contributed by atoms with E-state index in [9.17, 15) is 5.11 Å². The van der Waals surface area contributed by atoms with Crippen LogP contribution in [0.2, 0.25) is 10.0 Å². The summed E-state index contributed by atoms with van der Waals surface area (Å²) < 4.78 is 0. The Morgan fingerprint density at radius 1 is 1.00 bits per heavy atom. The molecule has 2 saturated heterocycles. The van der Waals surface area contributed by atoms with Gasteiger partial charge in [0.2, 0.25) is 0 Å². The summed E-state index contributed by atoms with van der Waals surface area (Å²) in [7, 11) is 2.25. The van der Waals surface area contributed by atoms with Crippen LogP contribution in [0.1, 0.15) is 43.2 Å². The zero-order valence-corrected chi connectivity index (χ0v) is 16.5. The van der Waals surface area contributed by atoms with E-state index < -0.39 is 5.60 Å². The summed E-state index contributed by atoms with van der Waals surface area (Å²) in [6.07, 6.45) is 5.51. The number of hydrogen-bond donors (Lipinski definition) is 1. The smallest absolute Gasteiger partial charge is 0.116 e. The Morgan fingerprint density at radius 2 is 1.65 bits per heavy atom. The largest absolute Gasteiger partial charge is 0.380 e. The maximum absolute atomic E-state index is 11.9. The van der Waals surface area contributed by atoms with Gasteiger partial charge in [-0.25, -0.2) is 0 Å². The van der Waals surface area contributed by atoms with Gasteiger partial charge in [0.1, 0.15) is 5.60 Å². The predicted molar refractivity (Wildman–Crippen MR) is 108 cm³/mol. The van der Waals surface area contributed by atoms with Crippen molar-refractivity contribution in [2.45, 2.75) is 49.8 Å². The number of benzene rings is 2. The summed E-state index contributed by atoms with van der Waals surface area (Å²) in [6.45, 7) is 0. The molecule has 0 saturated carbocycles. The lowest BCUT2D eigenvalue weighted by molar-refractivity contribution is 0.0268. The van der Waals surface area contributed by atoms with E-state index in [1.54, 1.807) is 6.07 Å². The van der Waals surface area contributed by atoms with Gasteiger partial charge in [0.25, 0.3) is 0 Å². The molecule has 2 aliphatic heterocycles. The van der Waals surface area contributed by atoms with Crippen LogP contribution in [-0.2, 0) is 5.60 Å². The Labute approximate surface area is 165 Å². The number of piperidine rings is 1. The SMILES string of the molecule is CN1C2CCC1CC(CC(O)(c1ccccc1)c1cccc(Cl)c1Cl)C2. The van der Waals surface area contributed by atoms with Crippen molar-refractivity contribution in [3.05, 3.63) is 69.7 Å². The van der Waals surface area contributed by atoms with Crippen LogP contribution in [0, 0.1) is 5.92 Å². The van der Waals surface area contributed by atoms with E-state index >= 15 is 0 Å². The monoisotopic (exact) mass is 389 g/mol. The molecule has 2 aromatic rings. The molecule has 2 heterocycles. The van der Waals surface area contributed by atoms with Crippen molar-refractivity contribution in [3.8, 4) is 0 Å². The standard InChI is InChI=1S/C22H25Cl2NO/c1-25-17-10-11-18(25)13-15(12-17)14-22(26,16-6-3-2-4-7-16)19-8-5-9-20(23)21(19)24/h2-9,15,17-18,26H,10-14H2,1H3. The average Bonchev–Trinajstić information content (AvgIpc) is 2.85. The fourth-order valence-electron chi connectivity index (χ4n) is 5.03. The minimum Gasteiger partial charge on any atom is -0.380 e. The topological polar surface area (TPSA) is 23.5 Å². The molecule has 2 fully saturated rings. The Hall–Kier alpha value is -1.06. The lowest BCUT2D eigenvalue weighted by atomic mass is 9.75. The molecule has 4 rings (SSSR count). The molecule has 3 unspecified atom stereocenters. The zero-order valence-electron chi connectivity index (χ0n) is 15.0. The van der Waals surface area contributed by atoms with Crippen LogP contribution in [0.5, 0.6) is 0 Å². The van der Waals surface area contributed by atoms with Gasteiger partial charge in [-0.05, 0) is 56.7 Å². The first-order chi connectivity index (χ1) is 12.5. The van der Waals surface area contributed by atoms with Gasteiger partial charge in [-0.1, -0.05) is 65.7 Å². The van der Waals surface area contributed by atoms with Gasteiger partial charge in [-0.2, -0.15) is 0 Å². The van der Waals surface area contributed by atoms with Crippen molar-refractivity contribution >= 4 is 23.2 Å². The predicted octanol–water partition coefficient (Wildman–Crippen LogP) is 5.49. The molecular weight excluding hydrogens is 365 g/mol. The van der Waals surface area contributed by atoms with Crippen molar-refractivity contribution in [1.82, 2.24) is 4.90 Å². The minimum atomic E-state index is -1.12. The molecule has 4 heteroatoms. The Balaban J connectivity index is 1.71. The Morgan fingerprint density at radius 3 is 2.31 bits per heavy atom. The summed E-state index contributed by atoms with van der Waals surface area (Å²) in [4.78, 5) is 2.53. The normalized spacial score (nSPS) is 28.1. The molecule has 0 spiro atoms. The first kappa shape index (κ1) is 18.3. The highest BCUT2D eigenvalue weighted by atomic mass is 35.5. The van der Waals surface area contributed by atoms with Crippen molar-refractivity contribution in [3.63, 3.8) is 0 Å². The van der Waals surface area contributed by atoms with E-state index in [4.69, 9.17) is 23.2 Å². The second kappa shape index (κ2) is 7.16. The van der Waals surface area contributed by atoms with Gasteiger partial charge in [-0.3, -0.25) is 0 Å². The van der Waals surface area contributed by atoms with Crippen molar-refractivity contribution < 1.29 is 5.11 Å². The number of nitrogens with zero attached hydrogens (tertiary/aromatic N) is 1. The highest BCUT2D eigenvalue weighted by Crippen LogP contribution is 2.46. The summed E-state index contributed by atoms with van der Waals surface area (Å²) in [5, 5.41) is 12.9. The third kappa shape index (κ3) is 3.18. The molecule has 2 aromatic carbocycles. The van der Waals surface area contributed by atoms with Gasteiger partial charge < -0.3 is 10.0 Å². The summed E-state index contributed by atoms with van der Waals surface area (Å²) >= 11 is 12.8. The van der Waals surface area contributed by atoms with Crippen LogP contribution in [0.4, 0.5) is 0 Å². The van der Waals surface area contributed by atoms with Crippen LogP contribution in [0.25, 0.3) is 0 Å². The number of halogens is 2. The zero-order chi connectivity index (χ0) is 18.3. The Kier molecular flexibility index (Phi) is 5.04. The number of aliphatic hydroxyl groups is 1. The molecule has 138 valence electrons. The van der Waals surface area contributed by atoms with Gasteiger partial charge in [0.15, 0.2) is 0 Å². The van der Waals surface area contributed by atoms with Crippen LogP contribution < -0.4 is 0 Å². The van der Waals surface area contributed by atoms with Crippen molar-refractivity contribution in [1.29, 1.82) is 0 Å². The number of rotatable bonds is 4. The van der Waals surface area contributed by atoms with Crippen molar-refractivity contribution in [2.75, 3.05) is 7.05 Å². The highest BCUT2D eigenvalue weighted by molar-refractivity contribution is 6.42. The van der Waals surface area contributed by atoms with Crippen molar-refractivity contribution in [2.24, 2.45) is 5.92 Å². The quantitative estimate of drug-likeness (QED) is 0.746. The number of fused-ring (bicyclic) bond motifs is 2. The summed E-state index contributed by atoms with van der Waals surface area (Å²) in [5.74, 6) is 0.476. The van der Waals surface area contributed by atoms with E-state index in [2.05, 4.69) is 11.9 Å². The molecule has 2 bridgehead atoms. The van der Waals surface area contributed by atoms with E-state index in [0.717, 1.165) is 18.4 Å². The molecule has 2 aliphatic rings. The van der Waals surface area contributed by atoms with Crippen LogP contribution in [-0.4, -0.2) is 29.1 Å². The van der Waals surface area contributed by atoms with E-state index in [0.29, 0.717) is 40.0 Å². The first-order valence-electron chi connectivity index (χ1n) is 9.43. The molecule has 2 nitrogen and oxygen atoms in total. The molecule has 0 aliphatic carbocycles. The lowest BCUT2D eigenvalue weighted by Gasteiger charge is -2.40. The lowest BCUT2D eigenvalue weighted by Crippen LogP contribution is -2.42. The van der Waals surface area contributed by atoms with E-state index in [1.807, 2.05) is 42.5 Å². The average molecular weight is 390 g/mol. The summed E-state index contributed by atoms with van der Waals surface area (Å²) in [5.41, 5.74) is 0.475. The van der Waals surface area contributed by atoms with Gasteiger partial charge in [0, 0.05) is 17.6 Å². The van der Waals surface area contributed by atoms with Crippen LogP contribution >= 0.6 is 23.2 Å². The molecule has 0 amide bonds. The molecule has 26 heavy (non-hydrogen) atoms. The fraction of sp³-hybridized carbons (Fsp3) is 0.455. The number of hydrogen-bond acceptors (Lipinski definition) is 2. The Bertz CT molecular complexity index is 767. The van der Waals surface area contributed by atoms with Gasteiger partial charge in [-0.15, -0.1) is 0 Å². The fourth-order valence-corrected chi connectivity index (χ4v) is 5.49. The third-order valence-corrected chi connectivity index (χ3v) is 7.25. The molecule has 0 radical (unpaired) electrons. The maximum atomic E-state index is 11.9. The van der Waals surface area contributed by atoms with Gasteiger partial charge in [0.05, 0.1) is 10.0 Å². The molecule has 0 aromatic heterocycles. The third-order valence-electron chi connectivity index (χ3n) is 6.43. The van der Waals surface area contributed by atoms with Crippen LogP contribution in [0.15, 0.2) is 48.5 Å².